The van der Waals surface area contributed by atoms with Gasteiger partial charge in [-0.1, -0.05) is 93.6 Å². The number of rotatable bonds is 11. The van der Waals surface area contributed by atoms with Gasteiger partial charge in [0, 0.05) is 13.0 Å². The van der Waals surface area contributed by atoms with Crippen molar-refractivity contribution in [3.05, 3.63) is 102 Å². The molecule has 1 aliphatic rings. The molecule has 0 bridgehead atoms. The lowest BCUT2D eigenvalue weighted by Crippen LogP contribution is -2.43. The van der Waals surface area contributed by atoms with E-state index in [1.165, 1.54) is 0 Å². The van der Waals surface area contributed by atoms with E-state index in [0.29, 0.717) is 30.9 Å². The topological polar surface area (TPSA) is 74.2 Å². The summed E-state index contributed by atoms with van der Waals surface area (Å²) in [6.07, 6.45) is 1.12. The van der Waals surface area contributed by atoms with Crippen LogP contribution >= 0.6 is 0 Å². The maximum Gasteiger partial charge on any atom is 0.267 e. The van der Waals surface area contributed by atoms with Crippen molar-refractivity contribution in [2.45, 2.75) is 89.0 Å². The summed E-state index contributed by atoms with van der Waals surface area (Å²) < 4.78 is 50.3. The lowest BCUT2D eigenvalue weighted by molar-refractivity contribution is 0.0797. The minimum atomic E-state index is -3.89. The van der Waals surface area contributed by atoms with Crippen molar-refractivity contribution in [1.82, 2.24) is 0 Å². The van der Waals surface area contributed by atoms with Gasteiger partial charge in [0.05, 0.1) is 0 Å². The quantitative estimate of drug-likeness (QED) is 0.205. The Morgan fingerprint density at radius 2 is 1.52 bits per heavy atom. The standard InChI is InChI=1S/C34H45NO5SSi/c1-33(2,3)42(6,7)39-23-22-29(27-16-12-9-13-17-27)24-31-35-41(36,37)32(34(4,5)40-31)28-18-20-30(21-19-28)38-25-26-14-10-8-11-15-26/h8-21,29,32H,22-25H2,1-7H3/t29-,32?/m1/s1. The van der Waals surface area contributed by atoms with Gasteiger partial charge in [-0.25, -0.2) is 8.42 Å². The van der Waals surface area contributed by atoms with Crippen LogP contribution in [0.15, 0.2) is 89.3 Å². The molecule has 42 heavy (non-hydrogen) atoms. The van der Waals surface area contributed by atoms with Crippen molar-refractivity contribution in [2.24, 2.45) is 4.40 Å². The Labute approximate surface area is 253 Å². The number of benzene rings is 3. The molecule has 0 aromatic heterocycles. The molecule has 1 heterocycles. The van der Waals surface area contributed by atoms with Gasteiger partial charge >= 0.3 is 0 Å². The van der Waals surface area contributed by atoms with Crippen LogP contribution in [0, 0.1) is 0 Å². The summed E-state index contributed by atoms with van der Waals surface area (Å²) >= 11 is 0. The molecular weight excluding hydrogens is 563 g/mol. The van der Waals surface area contributed by atoms with Crippen LogP contribution < -0.4 is 4.74 Å². The number of hydrogen-bond donors (Lipinski definition) is 0. The van der Waals surface area contributed by atoms with Crippen molar-refractivity contribution in [1.29, 1.82) is 0 Å². The maximum absolute atomic E-state index is 13.7. The van der Waals surface area contributed by atoms with Crippen LogP contribution in [-0.4, -0.2) is 34.8 Å². The maximum atomic E-state index is 13.7. The van der Waals surface area contributed by atoms with Crippen LogP contribution in [0.4, 0.5) is 0 Å². The molecule has 0 saturated heterocycles. The normalized spacial score (nSPS) is 18.9. The lowest BCUT2D eigenvalue weighted by Gasteiger charge is -2.38. The Kier molecular flexibility index (Phi) is 9.70. The van der Waals surface area contributed by atoms with E-state index in [1.54, 1.807) is 24.3 Å². The molecule has 1 unspecified atom stereocenters. The molecule has 0 amide bonds. The van der Waals surface area contributed by atoms with Crippen LogP contribution in [0.3, 0.4) is 0 Å². The van der Waals surface area contributed by atoms with Crippen LogP contribution in [0.25, 0.3) is 0 Å². The fourth-order valence-electron chi connectivity index (χ4n) is 5.06. The summed E-state index contributed by atoms with van der Waals surface area (Å²) in [5, 5.41) is -0.820. The van der Waals surface area contributed by atoms with E-state index in [-0.39, 0.29) is 16.9 Å². The monoisotopic (exact) mass is 607 g/mol. The first kappa shape index (κ1) is 32.0. The molecule has 0 N–H and O–H groups in total. The first-order valence-electron chi connectivity index (χ1n) is 14.7. The second-order valence-electron chi connectivity index (χ2n) is 13.1. The molecule has 0 aliphatic carbocycles. The van der Waals surface area contributed by atoms with Crippen LogP contribution in [0.1, 0.15) is 75.3 Å². The minimum absolute atomic E-state index is 0.0123. The molecule has 226 valence electrons. The molecular formula is C34H45NO5SSi. The van der Waals surface area contributed by atoms with E-state index in [2.05, 4.69) is 50.4 Å². The summed E-state index contributed by atoms with van der Waals surface area (Å²) in [7, 11) is -5.81. The summed E-state index contributed by atoms with van der Waals surface area (Å²) in [6, 6.07) is 27.2. The van der Waals surface area contributed by atoms with Gasteiger partial charge in [0.25, 0.3) is 10.0 Å². The number of ether oxygens (including phenoxy) is 2. The van der Waals surface area contributed by atoms with Gasteiger partial charge in [0.2, 0.25) is 5.90 Å². The number of hydrogen-bond acceptors (Lipinski definition) is 5. The zero-order chi connectivity index (χ0) is 30.6. The first-order valence-corrected chi connectivity index (χ1v) is 19.1. The predicted octanol–water partition coefficient (Wildman–Crippen LogP) is 8.43. The first-order chi connectivity index (χ1) is 19.7. The molecule has 0 radical (unpaired) electrons. The van der Waals surface area contributed by atoms with Crippen molar-refractivity contribution in [3.8, 4) is 5.75 Å². The largest absolute Gasteiger partial charge is 0.489 e. The molecule has 6 nitrogen and oxygen atoms in total. The molecule has 2 atom stereocenters. The third-order valence-corrected chi connectivity index (χ3v) is 14.8. The zero-order valence-electron chi connectivity index (χ0n) is 26.0. The Morgan fingerprint density at radius 1 is 0.929 bits per heavy atom. The van der Waals surface area contributed by atoms with Crippen molar-refractivity contribution in [3.63, 3.8) is 0 Å². The highest BCUT2D eigenvalue weighted by molar-refractivity contribution is 7.90. The van der Waals surface area contributed by atoms with Crippen LogP contribution in [0.2, 0.25) is 18.1 Å². The van der Waals surface area contributed by atoms with Gasteiger partial charge in [0.1, 0.15) is 23.2 Å². The smallest absolute Gasteiger partial charge is 0.267 e. The lowest BCUT2D eigenvalue weighted by atomic mass is 9.92. The van der Waals surface area contributed by atoms with Crippen molar-refractivity contribution >= 4 is 24.2 Å². The number of nitrogens with zero attached hydrogens (tertiary/aromatic N) is 1. The Hall–Kier alpha value is -2.94. The average Bonchev–Trinajstić information content (AvgIpc) is 2.91. The highest BCUT2D eigenvalue weighted by Crippen LogP contribution is 2.42. The third kappa shape index (κ3) is 7.91. The van der Waals surface area contributed by atoms with E-state index in [1.807, 2.05) is 62.4 Å². The number of sulfonamides is 1. The van der Waals surface area contributed by atoms with Gasteiger partial charge < -0.3 is 13.9 Å². The fraction of sp³-hybridized carbons (Fsp3) is 0.441. The summed E-state index contributed by atoms with van der Waals surface area (Å²) in [6.45, 7) is 15.9. The van der Waals surface area contributed by atoms with E-state index in [4.69, 9.17) is 13.9 Å². The Morgan fingerprint density at radius 3 is 2.10 bits per heavy atom. The highest BCUT2D eigenvalue weighted by atomic mass is 32.2. The van der Waals surface area contributed by atoms with E-state index < -0.39 is 29.2 Å². The van der Waals surface area contributed by atoms with Gasteiger partial charge in [0.15, 0.2) is 8.32 Å². The molecule has 4 rings (SSSR count). The van der Waals surface area contributed by atoms with Crippen LogP contribution in [-0.2, 0) is 25.8 Å². The molecule has 8 heteroatoms. The van der Waals surface area contributed by atoms with E-state index in [9.17, 15) is 8.42 Å². The van der Waals surface area contributed by atoms with Crippen LogP contribution in [0.5, 0.6) is 5.75 Å². The molecule has 0 spiro atoms. The summed E-state index contributed by atoms with van der Waals surface area (Å²) in [4.78, 5) is 0. The Balaban J connectivity index is 1.50. The van der Waals surface area contributed by atoms with E-state index in [0.717, 1.165) is 17.5 Å². The molecule has 1 aliphatic heterocycles. The minimum Gasteiger partial charge on any atom is -0.489 e. The predicted molar refractivity (Wildman–Crippen MR) is 173 cm³/mol. The molecule has 0 saturated carbocycles. The summed E-state index contributed by atoms with van der Waals surface area (Å²) in [5.74, 6) is 0.933. The molecule has 0 fully saturated rings. The Bertz CT molecular complexity index is 1450. The zero-order valence-corrected chi connectivity index (χ0v) is 27.8. The van der Waals surface area contributed by atoms with Crippen molar-refractivity contribution < 1.29 is 22.3 Å². The van der Waals surface area contributed by atoms with Crippen molar-refractivity contribution in [2.75, 3.05) is 6.61 Å². The molecule has 3 aromatic rings. The second kappa shape index (κ2) is 12.7. The highest BCUT2D eigenvalue weighted by Gasteiger charge is 2.47. The van der Waals surface area contributed by atoms with Gasteiger partial charge in [-0.2, -0.15) is 0 Å². The fourth-order valence-corrected chi connectivity index (χ4v) is 7.89. The van der Waals surface area contributed by atoms with Gasteiger partial charge in [-0.3, -0.25) is 0 Å². The second-order valence-corrected chi connectivity index (χ2v) is 19.6. The average molecular weight is 608 g/mol. The van der Waals surface area contributed by atoms with Gasteiger partial charge in [-0.15, -0.1) is 4.40 Å². The van der Waals surface area contributed by atoms with E-state index >= 15 is 0 Å². The third-order valence-electron chi connectivity index (χ3n) is 8.40. The summed E-state index contributed by atoms with van der Waals surface area (Å²) in [5.41, 5.74) is 1.79. The SMILES string of the molecule is CC1(C)OC(C[C@@H](CCO[Si](C)(C)C(C)(C)C)c2ccccc2)=NS(=O)(=O)C1c1ccc(OCc2ccccc2)cc1. The van der Waals surface area contributed by atoms with Gasteiger partial charge in [-0.05, 0) is 73.1 Å². The molecule has 3 aromatic carbocycles.